The number of anilines is 1. The fourth-order valence-electron chi connectivity index (χ4n) is 2.88. The van der Waals surface area contributed by atoms with Crippen molar-refractivity contribution in [2.75, 3.05) is 31.3 Å². The largest absolute Gasteiger partial charge is 0.493 e. The van der Waals surface area contributed by atoms with Crippen molar-refractivity contribution in [3.63, 3.8) is 0 Å². The van der Waals surface area contributed by atoms with Crippen LogP contribution in [0.1, 0.15) is 27.2 Å². The fraction of sp³-hybridized carbons (Fsp3) is 0.409. The van der Waals surface area contributed by atoms with Gasteiger partial charge in [0.25, 0.3) is 0 Å². The van der Waals surface area contributed by atoms with Crippen molar-refractivity contribution < 1.29 is 17.9 Å². The molecule has 0 saturated heterocycles. The molecule has 1 unspecified atom stereocenters. The van der Waals surface area contributed by atoms with Gasteiger partial charge in [0, 0.05) is 24.3 Å². The van der Waals surface area contributed by atoms with E-state index in [9.17, 15) is 8.42 Å². The van der Waals surface area contributed by atoms with E-state index in [1.165, 1.54) is 0 Å². The second-order valence-electron chi connectivity index (χ2n) is 6.59. The summed E-state index contributed by atoms with van der Waals surface area (Å²) in [6.07, 6.45) is 0.628. The maximum atomic E-state index is 12.8. The van der Waals surface area contributed by atoms with Crippen molar-refractivity contribution in [2.45, 2.75) is 38.1 Å². The Morgan fingerprint density at radius 2 is 1.80 bits per heavy atom. The average molecular weight is 434 g/mol. The number of sulfone groups is 1. The van der Waals surface area contributed by atoms with Crippen LogP contribution in [0.3, 0.4) is 0 Å². The number of nitrogens with one attached hydrogen (secondary N) is 2. The Labute approximate surface area is 179 Å². The number of benzene rings is 2. The van der Waals surface area contributed by atoms with Crippen molar-refractivity contribution in [1.82, 2.24) is 5.32 Å². The van der Waals surface area contributed by atoms with Crippen molar-refractivity contribution in [3.8, 4) is 11.5 Å². The minimum absolute atomic E-state index is 0.0231. The first-order chi connectivity index (χ1) is 14.4. The van der Waals surface area contributed by atoms with Gasteiger partial charge in [0.1, 0.15) is 0 Å². The van der Waals surface area contributed by atoms with E-state index in [0.717, 1.165) is 5.69 Å². The van der Waals surface area contributed by atoms with E-state index in [1.54, 1.807) is 37.4 Å². The monoisotopic (exact) mass is 433 g/mol. The van der Waals surface area contributed by atoms with Gasteiger partial charge < -0.3 is 20.1 Å². The molecule has 2 N–H and O–H groups in total. The van der Waals surface area contributed by atoms with Gasteiger partial charge in [0.2, 0.25) is 0 Å². The third-order valence-electron chi connectivity index (χ3n) is 4.40. The molecule has 8 heteroatoms. The summed E-state index contributed by atoms with van der Waals surface area (Å²) in [5, 5.41) is 6.48. The van der Waals surface area contributed by atoms with Crippen LogP contribution in [0.25, 0.3) is 0 Å². The predicted molar refractivity (Wildman–Crippen MR) is 121 cm³/mol. The van der Waals surface area contributed by atoms with Crippen LogP contribution in [-0.2, 0) is 9.84 Å². The Morgan fingerprint density at radius 3 is 2.40 bits per heavy atom. The Balaban J connectivity index is 2.16. The molecule has 2 aromatic rings. The summed E-state index contributed by atoms with van der Waals surface area (Å²) in [6, 6.07) is 13.7. The SMILES string of the molecule is CCN=C(Nc1ccc(OC)c(OCC)c1)NC(CC)CS(=O)(=O)c1ccccc1. The lowest BCUT2D eigenvalue weighted by atomic mass is 10.2. The molecule has 0 heterocycles. The van der Waals surface area contributed by atoms with E-state index in [0.29, 0.717) is 41.9 Å². The zero-order valence-electron chi connectivity index (χ0n) is 18.0. The van der Waals surface area contributed by atoms with E-state index in [-0.39, 0.29) is 11.8 Å². The Morgan fingerprint density at radius 1 is 1.07 bits per heavy atom. The Kier molecular flexibility index (Phi) is 8.98. The summed E-state index contributed by atoms with van der Waals surface area (Å²) in [5.74, 6) is 1.76. The number of aliphatic imine (C=N–C) groups is 1. The van der Waals surface area contributed by atoms with Crippen LogP contribution in [0.15, 0.2) is 58.4 Å². The van der Waals surface area contributed by atoms with Crippen molar-refractivity contribution >= 4 is 21.5 Å². The van der Waals surface area contributed by atoms with E-state index < -0.39 is 9.84 Å². The molecule has 0 spiro atoms. The standard InChI is InChI=1S/C22H31N3O4S/c1-5-17(16-30(26,27)19-11-9-8-10-12-19)24-22(23-6-2)25-18-13-14-20(28-4)21(15-18)29-7-3/h8-15,17H,5-7,16H2,1-4H3,(H2,23,24,25). The zero-order valence-corrected chi connectivity index (χ0v) is 18.8. The lowest BCUT2D eigenvalue weighted by Gasteiger charge is -2.21. The zero-order chi connectivity index (χ0) is 22.0. The molecule has 0 fully saturated rings. The molecule has 7 nitrogen and oxygen atoms in total. The molecule has 2 rings (SSSR count). The molecule has 30 heavy (non-hydrogen) atoms. The number of guanidine groups is 1. The third kappa shape index (κ3) is 6.66. The lowest BCUT2D eigenvalue weighted by molar-refractivity contribution is 0.311. The summed E-state index contributed by atoms with van der Waals surface area (Å²) >= 11 is 0. The summed E-state index contributed by atoms with van der Waals surface area (Å²) in [6.45, 7) is 6.84. The van der Waals surface area contributed by atoms with Gasteiger partial charge in [-0.1, -0.05) is 25.1 Å². The average Bonchev–Trinajstić information content (AvgIpc) is 2.74. The molecule has 0 aliphatic heterocycles. The van der Waals surface area contributed by atoms with Gasteiger partial charge in [0.15, 0.2) is 27.3 Å². The lowest BCUT2D eigenvalue weighted by Crippen LogP contribution is -2.42. The van der Waals surface area contributed by atoms with Gasteiger partial charge in [0.05, 0.1) is 24.4 Å². The maximum Gasteiger partial charge on any atom is 0.196 e. The molecular formula is C22H31N3O4S. The first kappa shape index (κ1) is 23.5. The molecular weight excluding hydrogens is 402 g/mol. The smallest absolute Gasteiger partial charge is 0.196 e. The molecule has 0 saturated carbocycles. The van der Waals surface area contributed by atoms with Crippen LogP contribution in [0.2, 0.25) is 0 Å². The second-order valence-corrected chi connectivity index (χ2v) is 8.62. The number of hydrogen-bond acceptors (Lipinski definition) is 5. The molecule has 0 bridgehead atoms. The third-order valence-corrected chi connectivity index (χ3v) is 6.23. The normalized spacial score (nSPS) is 12.9. The van der Waals surface area contributed by atoms with E-state index in [1.807, 2.05) is 39.0 Å². The van der Waals surface area contributed by atoms with Crippen molar-refractivity contribution in [3.05, 3.63) is 48.5 Å². The minimum atomic E-state index is -3.41. The summed E-state index contributed by atoms with van der Waals surface area (Å²) in [4.78, 5) is 4.78. The van der Waals surface area contributed by atoms with Crippen LogP contribution in [-0.4, -0.2) is 46.4 Å². The van der Waals surface area contributed by atoms with Gasteiger partial charge in [-0.3, -0.25) is 4.99 Å². The summed E-state index contributed by atoms with van der Waals surface area (Å²) < 4.78 is 36.5. The molecule has 164 valence electrons. The highest BCUT2D eigenvalue weighted by molar-refractivity contribution is 7.91. The van der Waals surface area contributed by atoms with Crippen LogP contribution in [0.4, 0.5) is 5.69 Å². The molecule has 0 amide bonds. The fourth-order valence-corrected chi connectivity index (χ4v) is 4.50. The van der Waals surface area contributed by atoms with Crippen LogP contribution in [0.5, 0.6) is 11.5 Å². The predicted octanol–water partition coefficient (Wildman–Crippen LogP) is 3.72. The van der Waals surface area contributed by atoms with Crippen LogP contribution >= 0.6 is 0 Å². The van der Waals surface area contributed by atoms with Crippen LogP contribution in [0, 0.1) is 0 Å². The molecule has 1 atom stereocenters. The molecule has 0 radical (unpaired) electrons. The van der Waals surface area contributed by atoms with Gasteiger partial charge >= 0.3 is 0 Å². The number of rotatable bonds is 10. The molecule has 2 aromatic carbocycles. The minimum Gasteiger partial charge on any atom is -0.493 e. The number of methoxy groups -OCH3 is 1. The van der Waals surface area contributed by atoms with E-state index in [4.69, 9.17) is 9.47 Å². The number of nitrogens with zero attached hydrogens (tertiary/aromatic N) is 1. The van der Waals surface area contributed by atoms with Gasteiger partial charge in [-0.2, -0.15) is 0 Å². The van der Waals surface area contributed by atoms with Crippen molar-refractivity contribution in [2.24, 2.45) is 4.99 Å². The maximum absolute atomic E-state index is 12.8. The van der Waals surface area contributed by atoms with E-state index >= 15 is 0 Å². The summed E-state index contributed by atoms with van der Waals surface area (Å²) in [7, 11) is -1.82. The Bertz CT molecular complexity index is 931. The number of hydrogen-bond donors (Lipinski definition) is 2. The van der Waals surface area contributed by atoms with Crippen LogP contribution < -0.4 is 20.1 Å². The highest BCUT2D eigenvalue weighted by Gasteiger charge is 2.21. The van der Waals surface area contributed by atoms with E-state index in [2.05, 4.69) is 15.6 Å². The quantitative estimate of drug-likeness (QED) is 0.438. The first-order valence-electron chi connectivity index (χ1n) is 10.1. The summed E-state index contributed by atoms with van der Waals surface area (Å²) in [5.41, 5.74) is 0.764. The molecule has 0 aliphatic rings. The van der Waals surface area contributed by atoms with Gasteiger partial charge in [-0.05, 0) is 44.5 Å². The topological polar surface area (TPSA) is 89.0 Å². The Hall–Kier alpha value is -2.74. The molecule has 0 aliphatic carbocycles. The number of ether oxygens (including phenoxy) is 2. The van der Waals surface area contributed by atoms with Crippen molar-refractivity contribution in [1.29, 1.82) is 0 Å². The first-order valence-corrected chi connectivity index (χ1v) is 11.7. The molecule has 0 aromatic heterocycles. The highest BCUT2D eigenvalue weighted by Crippen LogP contribution is 2.30. The van der Waals surface area contributed by atoms with Gasteiger partial charge in [-0.25, -0.2) is 8.42 Å². The van der Waals surface area contributed by atoms with Gasteiger partial charge in [-0.15, -0.1) is 0 Å². The second kappa shape index (κ2) is 11.4. The highest BCUT2D eigenvalue weighted by atomic mass is 32.2.